The molecule has 1 atom stereocenters. The Kier molecular flexibility index (Phi) is 6.72. The van der Waals surface area contributed by atoms with Crippen LogP contribution >= 0.6 is 0 Å². The molecule has 0 amide bonds. The van der Waals surface area contributed by atoms with Gasteiger partial charge in [0.1, 0.15) is 23.6 Å². The molecule has 4 aromatic rings. The van der Waals surface area contributed by atoms with E-state index in [9.17, 15) is 13.9 Å². The average Bonchev–Trinajstić information content (AvgIpc) is 3.56. The zero-order valence-corrected chi connectivity index (χ0v) is 20.9. The van der Waals surface area contributed by atoms with Gasteiger partial charge < -0.3 is 19.9 Å². The smallest absolute Gasteiger partial charge is 0.225 e. The number of benzene rings is 1. The second kappa shape index (κ2) is 10.1. The molecule has 10 nitrogen and oxygen atoms in total. The van der Waals surface area contributed by atoms with Gasteiger partial charge in [-0.1, -0.05) is 0 Å². The first-order valence-electron chi connectivity index (χ1n) is 12.0. The summed E-state index contributed by atoms with van der Waals surface area (Å²) in [4.78, 5) is 20.5. The largest absolute Gasteiger partial charge is 0.380 e. The maximum absolute atomic E-state index is 14.3. The second-order valence-electron chi connectivity index (χ2n) is 9.23. The van der Waals surface area contributed by atoms with Crippen molar-refractivity contribution in [2.75, 3.05) is 31.1 Å². The van der Waals surface area contributed by atoms with Crippen LogP contribution in [0.5, 0.6) is 0 Å². The average molecular weight is 520 g/mol. The van der Waals surface area contributed by atoms with Crippen LogP contribution in [0.15, 0.2) is 60.2 Å². The number of aliphatic imine (C=N–C) groups is 1. The van der Waals surface area contributed by atoms with Crippen LogP contribution in [0.2, 0.25) is 0 Å². The molecule has 3 aromatic heterocycles. The van der Waals surface area contributed by atoms with Crippen molar-refractivity contribution in [2.45, 2.75) is 12.5 Å². The van der Waals surface area contributed by atoms with Gasteiger partial charge in [-0.15, -0.1) is 0 Å². The molecule has 0 saturated carbocycles. The van der Waals surface area contributed by atoms with E-state index in [2.05, 4.69) is 29.9 Å². The summed E-state index contributed by atoms with van der Waals surface area (Å²) in [6.45, 7) is 3.88. The Morgan fingerprint density at radius 2 is 1.84 bits per heavy atom. The third kappa shape index (κ3) is 4.90. The molecular formula is C26H27F2N9O. The first-order chi connectivity index (χ1) is 18.3. The fourth-order valence-electron chi connectivity index (χ4n) is 4.54. The molecule has 1 aliphatic rings. The Morgan fingerprint density at radius 1 is 1.11 bits per heavy atom. The minimum atomic E-state index is -1.72. The van der Waals surface area contributed by atoms with Gasteiger partial charge in [0.25, 0.3) is 0 Å². The van der Waals surface area contributed by atoms with E-state index in [-0.39, 0.29) is 5.56 Å². The highest BCUT2D eigenvalue weighted by atomic mass is 19.1. The number of amidine groups is 1. The highest BCUT2D eigenvalue weighted by Gasteiger charge is 2.31. The molecule has 1 fully saturated rings. The topological polar surface area (TPSA) is 122 Å². The Bertz CT molecular complexity index is 1470. The Labute approximate surface area is 217 Å². The van der Waals surface area contributed by atoms with Gasteiger partial charge in [0.15, 0.2) is 5.84 Å². The minimum Gasteiger partial charge on any atom is -0.380 e. The first-order valence-corrected chi connectivity index (χ1v) is 12.0. The van der Waals surface area contributed by atoms with Gasteiger partial charge in [-0.25, -0.2) is 23.7 Å². The van der Waals surface area contributed by atoms with Crippen molar-refractivity contribution in [3.63, 3.8) is 0 Å². The second-order valence-corrected chi connectivity index (χ2v) is 9.23. The molecule has 0 aliphatic carbocycles. The van der Waals surface area contributed by atoms with Crippen molar-refractivity contribution < 1.29 is 13.9 Å². The summed E-state index contributed by atoms with van der Waals surface area (Å²) < 4.78 is 29.3. The summed E-state index contributed by atoms with van der Waals surface area (Å²) in [6, 6.07) is 5.05. The zero-order valence-electron chi connectivity index (χ0n) is 20.9. The molecule has 0 unspecified atom stereocenters. The predicted molar refractivity (Wildman–Crippen MR) is 139 cm³/mol. The molecule has 1 aliphatic heterocycles. The molecule has 4 heterocycles. The van der Waals surface area contributed by atoms with Gasteiger partial charge in [-0.3, -0.25) is 10.1 Å². The van der Waals surface area contributed by atoms with E-state index in [4.69, 9.17) is 5.41 Å². The molecule has 1 aromatic carbocycles. The van der Waals surface area contributed by atoms with E-state index in [0.29, 0.717) is 43.5 Å². The van der Waals surface area contributed by atoms with Crippen molar-refractivity contribution in [3.8, 4) is 11.1 Å². The molecule has 12 heteroatoms. The van der Waals surface area contributed by atoms with Crippen molar-refractivity contribution in [2.24, 2.45) is 12.0 Å². The quantitative estimate of drug-likeness (QED) is 0.266. The van der Waals surface area contributed by atoms with Crippen molar-refractivity contribution in [1.82, 2.24) is 29.6 Å². The SMILES string of the molecule is Cn1cc(-c2c[nH]c(C(=NC=N)N3CCN(c4ncc([C@@](C)(O)c5ccc(F)cc5F)cn4)CC3)c2)cn1. The lowest BCUT2D eigenvalue weighted by atomic mass is 9.89. The number of aliphatic hydroxyl groups is 1. The molecule has 1 saturated heterocycles. The summed E-state index contributed by atoms with van der Waals surface area (Å²) in [7, 11) is 1.86. The number of H-pyrrole nitrogens is 1. The lowest BCUT2D eigenvalue weighted by molar-refractivity contribution is 0.0970. The van der Waals surface area contributed by atoms with Gasteiger partial charge >= 0.3 is 0 Å². The molecule has 0 spiro atoms. The predicted octanol–water partition coefficient (Wildman–Crippen LogP) is 2.92. The minimum absolute atomic E-state index is 0.0575. The third-order valence-electron chi connectivity index (χ3n) is 6.67. The van der Waals surface area contributed by atoms with Crippen LogP contribution in [0.3, 0.4) is 0 Å². The molecule has 0 radical (unpaired) electrons. The molecule has 0 bridgehead atoms. The number of nitrogens with zero attached hydrogens (tertiary/aromatic N) is 7. The van der Waals surface area contributed by atoms with Crippen molar-refractivity contribution in [3.05, 3.63) is 83.7 Å². The molecule has 38 heavy (non-hydrogen) atoms. The monoisotopic (exact) mass is 519 g/mol. The maximum atomic E-state index is 14.3. The molecule has 3 N–H and O–H groups in total. The van der Waals surface area contributed by atoms with Crippen LogP contribution in [0.1, 0.15) is 23.7 Å². The summed E-state index contributed by atoms with van der Waals surface area (Å²) in [5.74, 6) is -0.407. The maximum Gasteiger partial charge on any atom is 0.225 e. The van der Waals surface area contributed by atoms with Crippen molar-refractivity contribution in [1.29, 1.82) is 5.41 Å². The number of piperazine rings is 1. The standard InChI is InChI=1S/C26H27F2N9O/c1-26(38,21-4-3-20(27)10-22(21)28)19-13-31-25(32-14-19)37-7-5-36(6-8-37)24(33-16-29)23-9-17(11-30-23)18-12-34-35(2)15-18/h3-4,9-16,29-30,38H,5-8H2,1-2H3/t26-/m1/s1. The summed E-state index contributed by atoms with van der Waals surface area (Å²) >= 11 is 0. The lowest BCUT2D eigenvalue weighted by Gasteiger charge is -2.36. The van der Waals surface area contributed by atoms with Crippen molar-refractivity contribution >= 4 is 18.1 Å². The number of anilines is 1. The number of halogens is 2. The highest BCUT2D eigenvalue weighted by Crippen LogP contribution is 2.31. The van der Waals surface area contributed by atoms with Gasteiger partial charge in [0.2, 0.25) is 5.95 Å². The lowest BCUT2D eigenvalue weighted by Crippen LogP contribution is -2.49. The Balaban J connectivity index is 1.27. The van der Waals surface area contributed by atoms with Gasteiger partial charge in [-0.05, 0) is 25.1 Å². The fraction of sp³-hybridized carbons (Fsp3) is 0.269. The Hall–Kier alpha value is -4.45. The van der Waals surface area contributed by atoms with E-state index in [1.54, 1.807) is 10.9 Å². The number of rotatable bonds is 6. The van der Waals surface area contributed by atoms with Crippen LogP contribution in [-0.4, -0.2) is 73.1 Å². The Morgan fingerprint density at radius 3 is 2.47 bits per heavy atom. The summed E-state index contributed by atoms with van der Waals surface area (Å²) in [5.41, 5.74) is 1.28. The van der Waals surface area contributed by atoms with Gasteiger partial charge in [0.05, 0.1) is 11.9 Å². The number of hydrogen-bond donors (Lipinski definition) is 3. The van der Waals surface area contributed by atoms with E-state index >= 15 is 0 Å². The van der Waals surface area contributed by atoms with E-state index in [0.717, 1.165) is 35.3 Å². The van der Waals surface area contributed by atoms with Crippen LogP contribution in [-0.2, 0) is 12.6 Å². The van der Waals surface area contributed by atoms with Gasteiger partial charge in [-0.2, -0.15) is 5.10 Å². The summed E-state index contributed by atoms with van der Waals surface area (Å²) in [6.07, 6.45) is 9.56. The number of nitrogens with one attached hydrogen (secondary N) is 2. The van der Waals surface area contributed by atoms with E-state index < -0.39 is 17.2 Å². The third-order valence-corrected chi connectivity index (χ3v) is 6.67. The van der Waals surface area contributed by atoms with Crippen LogP contribution in [0, 0.1) is 17.0 Å². The molecule has 5 rings (SSSR count). The highest BCUT2D eigenvalue weighted by molar-refractivity contribution is 6.01. The number of aromatic nitrogens is 5. The van der Waals surface area contributed by atoms with Crippen LogP contribution < -0.4 is 4.90 Å². The zero-order chi connectivity index (χ0) is 26.9. The number of aryl methyl sites for hydroxylation is 1. The fourth-order valence-corrected chi connectivity index (χ4v) is 4.54. The van der Waals surface area contributed by atoms with E-state index in [1.165, 1.54) is 25.4 Å². The van der Waals surface area contributed by atoms with Gasteiger partial charge in [0, 0.05) is 86.3 Å². The number of hydrogen-bond acceptors (Lipinski definition) is 6. The van der Waals surface area contributed by atoms with Crippen LogP contribution in [0.4, 0.5) is 14.7 Å². The normalized spacial score (nSPS) is 16.0. The summed E-state index contributed by atoms with van der Waals surface area (Å²) in [5, 5.41) is 22.7. The molecular weight excluding hydrogens is 492 g/mol. The van der Waals surface area contributed by atoms with Crippen LogP contribution in [0.25, 0.3) is 11.1 Å². The van der Waals surface area contributed by atoms with E-state index in [1.807, 2.05) is 30.4 Å². The number of aromatic amines is 1. The first kappa shape index (κ1) is 25.2. The molecule has 196 valence electrons.